The molecule has 15 heteroatoms. The van der Waals surface area contributed by atoms with E-state index in [-0.39, 0.29) is 17.9 Å². The number of anilines is 1. The highest BCUT2D eigenvalue weighted by Gasteiger charge is 2.64. The van der Waals surface area contributed by atoms with Gasteiger partial charge in [-0.1, -0.05) is 42.3 Å². The number of benzene rings is 1. The number of fused-ring (bicyclic) bond motifs is 5. The number of esters is 1. The molecule has 4 bridgehead atoms. The van der Waals surface area contributed by atoms with Crippen molar-refractivity contribution in [3.05, 3.63) is 46.5 Å². The average molecular weight is 726 g/mol. The van der Waals surface area contributed by atoms with Crippen LogP contribution < -0.4 is 20.3 Å². The quantitative estimate of drug-likeness (QED) is 0.115. The van der Waals surface area contributed by atoms with Gasteiger partial charge in [0.2, 0.25) is 5.91 Å². The number of hydrogen-bond acceptors (Lipinski definition) is 12. The second-order valence-corrected chi connectivity index (χ2v) is 14.0. The first-order valence-corrected chi connectivity index (χ1v) is 17.2. The zero-order valence-electron chi connectivity index (χ0n) is 28.9. The summed E-state index contributed by atoms with van der Waals surface area (Å²) in [5, 5.41) is 27.4. The number of methoxy groups -OCH3 is 2. The molecule has 272 valence electrons. The van der Waals surface area contributed by atoms with Crippen molar-refractivity contribution in [3.63, 3.8) is 0 Å². The standard InChI is InChI=1S/C34H48ClN3O10S/c1-18-9-8-10-25(45-7)34(43)17-24(46-32(42)37-34)19(2)30-33(4,48-30)26(47-31(41)20(3)36-27(39)11-12-49)16-28(40)38(5)22-14-21(13-18)15-23(44-6)29(22)35/h8-10,14-15,19-20,24-27,30,36,39,43,49H,11-13,16-17H2,1-7H3,(H,37,42)/b10-8+,18-9+/t19-,20+,24+,25-,26+,27?,30+,33-,34+/m1/s1. The van der Waals surface area contributed by atoms with Crippen LogP contribution in [0, 0.1) is 5.92 Å². The van der Waals surface area contributed by atoms with Crippen molar-refractivity contribution in [2.24, 2.45) is 5.92 Å². The van der Waals surface area contributed by atoms with E-state index in [4.69, 9.17) is 35.3 Å². The molecule has 1 unspecified atom stereocenters. The van der Waals surface area contributed by atoms with Gasteiger partial charge < -0.3 is 38.8 Å². The molecule has 4 rings (SSSR count). The lowest BCUT2D eigenvalue weighted by molar-refractivity contribution is -0.156. The number of halogens is 1. The summed E-state index contributed by atoms with van der Waals surface area (Å²) in [4.78, 5) is 41.5. The highest BCUT2D eigenvalue weighted by atomic mass is 35.5. The number of allylic oxidation sites excluding steroid dienone is 3. The second kappa shape index (κ2) is 16.0. The molecule has 0 radical (unpaired) electrons. The van der Waals surface area contributed by atoms with Crippen molar-refractivity contribution in [2.75, 3.05) is 31.9 Å². The Morgan fingerprint density at radius 3 is 2.67 bits per heavy atom. The van der Waals surface area contributed by atoms with Crippen molar-refractivity contribution < 1.29 is 48.3 Å². The van der Waals surface area contributed by atoms with Crippen LogP contribution in [0.5, 0.6) is 5.75 Å². The van der Waals surface area contributed by atoms with Crippen LogP contribution in [-0.2, 0) is 35.0 Å². The van der Waals surface area contributed by atoms with Crippen molar-refractivity contribution in [1.29, 1.82) is 0 Å². The lowest BCUT2D eigenvalue weighted by Gasteiger charge is -2.42. The summed E-state index contributed by atoms with van der Waals surface area (Å²) in [6, 6.07) is 2.66. The van der Waals surface area contributed by atoms with Crippen molar-refractivity contribution in [3.8, 4) is 5.75 Å². The Morgan fingerprint density at radius 2 is 2.02 bits per heavy atom. The molecule has 3 aliphatic rings. The monoisotopic (exact) mass is 725 g/mol. The number of thiol groups is 1. The van der Waals surface area contributed by atoms with E-state index in [1.165, 1.54) is 19.1 Å². The van der Waals surface area contributed by atoms with Crippen LogP contribution in [0.4, 0.5) is 10.5 Å². The first-order valence-electron chi connectivity index (χ1n) is 16.2. The van der Waals surface area contributed by atoms with Gasteiger partial charge in [-0.15, -0.1) is 0 Å². The number of hydrogen-bond donors (Lipinski definition) is 5. The highest BCUT2D eigenvalue weighted by molar-refractivity contribution is 7.80. The molecule has 4 N–H and O–H groups in total. The SMILES string of the molecule is COc1cc2cc(c1Cl)N(C)C(=O)C[C@H](OC(=O)[C@H](C)NC(O)CCS)[C@@]1(C)O[C@H]1[C@H](C)[C@@H]1C[C@@](O)(NC(=O)O1)[C@H](OC)/C=C/C=C(\C)C2. The number of aliphatic hydroxyl groups excluding tert-OH is 1. The van der Waals surface area contributed by atoms with Gasteiger partial charge in [-0.25, -0.2) is 4.79 Å². The number of carbonyl (C=O) groups is 3. The molecule has 3 heterocycles. The predicted octanol–water partition coefficient (Wildman–Crippen LogP) is 3.28. The number of epoxide rings is 1. The predicted molar refractivity (Wildman–Crippen MR) is 186 cm³/mol. The van der Waals surface area contributed by atoms with E-state index in [1.807, 2.05) is 13.0 Å². The number of amides is 2. The Balaban J connectivity index is 1.76. The third-order valence-corrected chi connectivity index (χ3v) is 10.0. The van der Waals surface area contributed by atoms with Crippen molar-refractivity contribution >= 4 is 47.9 Å². The van der Waals surface area contributed by atoms with E-state index in [0.29, 0.717) is 30.0 Å². The molecule has 1 aromatic rings. The molecule has 0 aromatic heterocycles. The Kier molecular flexibility index (Phi) is 12.7. The maximum atomic E-state index is 14.0. The fourth-order valence-corrected chi connectivity index (χ4v) is 6.97. The minimum absolute atomic E-state index is 0.0401. The van der Waals surface area contributed by atoms with Gasteiger partial charge in [0, 0.05) is 26.5 Å². The van der Waals surface area contributed by atoms with E-state index >= 15 is 0 Å². The zero-order valence-corrected chi connectivity index (χ0v) is 30.5. The molecule has 49 heavy (non-hydrogen) atoms. The fourth-order valence-electron chi connectivity index (χ4n) is 6.41. The smallest absolute Gasteiger partial charge is 0.409 e. The summed E-state index contributed by atoms with van der Waals surface area (Å²) in [5.41, 5.74) is -0.850. The molecule has 0 aliphatic carbocycles. The number of nitrogens with zero attached hydrogens (tertiary/aromatic N) is 1. The summed E-state index contributed by atoms with van der Waals surface area (Å²) >= 11 is 10.8. The lowest BCUT2D eigenvalue weighted by Crippen LogP contribution is -2.63. The topological polar surface area (TPSA) is 168 Å². The average Bonchev–Trinajstić information content (AvgIpc) is 3.73. The van der Waals surface area contributed by atoms with Gasteiger partial charge in [-0.3, -0.25) is 20.2 Å². The Hall–Kier alpha value is -2.85. The first kappa shape index (κ1) is 38.9. The molecule has 1 aromatic carbocycles. The molecule has 0 saturated carbocycles. The van der Waals surface area contributed by atoms with Crippen LogP contribution in [0.25, 0.3) is 0 Å². The Morgan fingerprint density at radius 1 is 1.31 bits per heavy atom. The summed E-state index contributed by atoms with van der Waals surface area (Å²) < 4.78 is 29.0. The Bertz CT molecular complexity index is 1460. The minimum Gasteiger partial charge on any atom is -0.495 e. The number of ether oxygens (including phenoxy) is 5. The first-order chi connectivity index (χ1) is 23.1. The van der Waals surface area contributed by atoms with Crippen LogP contribution in [0.1, 0.15) is 52.5 Å². The second-order valence-electron chi connectivity index (χ2n) is 13.1. The van der Waals surface area contributed by atoms with E-state index in [0.717, 1.165) is 11.1 Å². The molecule has 3 aliphatic heterocycles. The van der Waals surface area contributed by atoms with Gasteiger partial charge in [0.05, 0.1) is 25.3 Å². The molecule has 9 atom stereocenters. The van der Waals surface area contributed by atoms with Crippen LogP contribution in [0.3, 0.4) is 0 Å². The number of alkyl carbamates (subject to hydrolysis) is 1. The van der Waals surface area contributed by atoms with Gasteiger partial charge in [-0.05, 0) is 57.1 Å². The summed E-state index contributed by atoms with van der Waals surface area (Å²) in [6.45, 7) is 6.98. The number of aliphatic hydroxyl groups is 2. The van der Waals surface area contributed by atoms with Crippen molar-refractivity contribution in [1.82, 2.24) is 10.6 Å². The minimum atomic E-state index is -1.81. The molecule has 2 amide bonds. The van der Waals surface area contributed by atoms with Crippen LogP contribution >= 0.6 is 24.2 Å². The van der Waals surface area contributed by atoms with E-state index in [9.17, 15) is 24.6 Å². The van der Waals surface area contributed by atoms with E-state index < -0.39 is 71.9 Å². The molecule has 2 fully saturated rings. The molecular formula is C34H48ClN3O10S. The third-order valence-electron chi connectivity index (χ3n) is 9.41. The molecular weight excluding hydrogens is 678 g/mol. The fraction of sp³-hybridized carbons (Fsp3) is 0.618. The molecule has 13 nitrogen and oxygen atoms in total. The van der Waals surface area contributed by atoms with Crippen molar-refractivity contribution in [2.45, 2.75) is 101 Å². The normalized spacial score (nSPS) is 33.6. The summed E-state index contributed by atoms with van der Waals surface area (Å²) in [6.07, 6.45) is 0.373. The largest absolute Gasteiger partial charge is 0.495 e. The molecule has 0 spiro atoms. The Labute approximate surface area is 297 Å². The van der Waals surface area contributed by atoms with E-state index in [2.05, 4.69) is 23.3 Å². The lowest BCUT2D eigenvalue weighted by atomic mass is 9.83. The van der Waals surface area contributed by atoms with Gasteiger partial charge in [-0.2, -0.15) is 12.6 Å². The van der Waals surface area contributed by atoms with Crippen LogP contribution in [0.2, 0.25) is 5.02 Å². The summed E-state index contributed by atoms with van der Waals surface area (Å²) in [5.74, 6) is -0.863. The number of nitrogens with one attached hydrogen (secondary N) is 2. The zero-order chi connectivity index (χ0) is 36.3. The third kappa shape index (κ3) is 8.91. The van der Waals surface area contributed by atoms with Gasteiger partial charge in [0.25, 0.3) is 0 Å². The van der Waals surface area contributed by atoms with E-state index in [1.54, 1.807) is 52.1 Å². The van der Waals surface area contributed by atoms with Gasteiger partial charge in [0.15, 0.2) is 5.72 Å². The maximum absolute atomic E-state index is 14.0. The maximum Gasteiger partial charge on any atom is 0.409 e. The number of rotatable bonds is 8. The summed E-state index contributed by atoms with van der Waals surface area (Å²) in [7, 11) is 4.50. The van der Waals surface area contributed by atoms with Gasteiger partial charge >= 0.3 is 12.1 Å². The molecule has 2 saturated heterocycles. The van der Waals surface area contributed by atoms with Gasteiger partial charge in [0.1, 0.15) is 47.0 Å². The van der Waals surface area contributed by atoms with Crippen LogP contribution in [0.15, 0.2) is 35.9 Å². The van der Waals surface area contributed by atoms with Crippen LogP contribution in [-0.4, -0.2) is 103 Å². The highest BCUT2D eigenvalue weighted by Crippen LogP contribution is 2.49. The number of carbonyl (C=O) groups excluding carboxylic acids is 3.